The van der Waals surface area contributed by atoms with Crippen molar-refractivity contribution in [3.05, 3.63) is 29.8 Å². The van der Waals surface area contributed by atoms with Gasteiger partial charge in [-0.3, -0.25) is 4.79 Å². The van der Waals surface area contributed by atoms with Crippen molar-refractivity contribution in [1.29, 1.82) is 0 Å². The zero-order chi connectivity index (χ0) is 12.3. The third-order valence-electron chi connectivity index (χ3n) is 2.75. The molecule has 0 saturated carbocycles. The van der Waals surface area contributed by atoms with E-state index in [2.05, 4.69) is 5.32 Å². The van der Waals surface area contributed by atoms with Crippen LogP contribution in [0.25, 0.3) is 0 Å². The molecule has 5 heteroatoms. The van der Waals surface area contributed by atoms with Gasteiger partial charge in [-0.1, -0.05) is 18.2 Å². The molecule has 1 aliphatic rings. The number of benzene rings is 1. The summed E-state index contributed by atoms with van der Waals surface area (Å²) in [4.78, 5) is 11.6. The Balaban J connectivity index is 0.00000162. The Morgan fingerprint density at radius 1 is 1.56 bits per heavy atom. The molecular formula is C13H19ClN2O2. The lowest BCUT2D eigenvalue weighted by atomic mass is 10.0. The summed E-state index contributed by atoms with van der Waals surface area (Å²) in [6, 6.07) is 7.86. The Kier molecular flexibility index (Phi) is 5.44. The Hall–Kier alpha value is -1.26. The van der Waals surface area contributed by atoms with Crippen LogP contribution < -0.4 is 15.8 Å². The molecule has 100 valence electrons. The average molecular weight is 271 g/mol. The van der Waals surface area contributed by atoms with Crippen LogP contribution in [0, 0.1) is 0 Å². The Morgan fingerprint density at radius 2 is 2.28 bits per heavy atom. The van der Waals surface area contributed by atoms with Crippen LogP contribution in [0.15, 0.2) is 24.3 Å². The SMILES string of the molecule is CC(N)CC(=O)NC1COc2ccccc2C1.Cl. The molecule has 3 N–H and O–H groups in total. The van der Waals surface area contributed by atoms with Crippen LogP contribution >= 0.6 is 12.4 Å². The minimum Gasteiger partial charge on any atom is -0.491 e. The summed E-state index contributed by atoms with van der Waals surface area (Å²) >= 11 is 0. The summed E-state index contributed by atoms with van der Waals surface area (Å²) in [5.74, 6) is 0.915. The summed E-state index contributed by atoms with van der Waals surface area (Å²) in [5.41, 5.74) is 6.73. The van der Waals surface area contributed by atoms with Crippen molar-refractivity contribution in [2.24, 2.45) is 5.73 Å². The Labute approximate surface area is 113 Å². The fourth-order valence-electron chi connectivity index (χ4n) is 2.00. The number of carbonyl (C=O) groups is 1. The minimum atomic E-state index is -0.105. The maximum absolute atomic E-state index is 11.6. The molecule has 1 heterocycles. The predicted octanol–water partition coefficient (Wildman–Crippen LogP) is 1.27. The van der Waals surface area contributed by atoms with Crippen molar-refractivity contribution in [2.75, 3.05) is 6.61 Å². The molecular weight excluding hydrogens is 252 g/mol. The first-order chi connectivity index (χ1) is 8.15. The predicted molar refractivity (Wildman–Crippen MR) is 73.1 cm³/mol. The van der Waals surface area contributed by atoms with Crippen LogP contribution in [-0.2, 0) is 11.2 Å². The number of nitrogens with one attached hydrogen (secondary N) is 1. The van der Waals surface area contributed by atoms with E-state index in [0.29, 0.717) is 13.0 Å². The van der Waals surface area contributed by atoms with Gasteiger partial charge in [0, 0.05) is 12.5 Å². The number of amides is 1. The van der Waals surface area contributed by atoms with Crippen molar-refractivity contribution >= 4 is 18.3 Å². The van der Waals surface area contributed by atoms with E-state index in [0.717, 1.165) is 17.7 Å². The molecule has 18 heavy (non-hydrogen) atoms. The fourth-order valence-corrected chi connectivity index (χ4v) is 2.00. The number of para-hydroxylation sites is 1. The highest BCUT2D eigenvalue weighted by Crippen LogP contribution is 2.23. The van der Waals surface area contributed by atoms with Crippen molar-refractivity contribution in [1.82, 2.24) is 5.32 Å². The second-order valence-electron chi connectivity index (χ2n) is 4.57. The number of ether oxygens (including phenoxy) is 1. The van der Waals surface area contributed by atoms with E-state index in [1.54, 1.807) is 0 Å². The van der Waals surface area contributed by atoms with Gasteiger partial charge >= 0.3 is 0 Å². The van der Waals surface area contributed by atoms with E-state index in [-0.39, 0.29) is 30.4 Å². The zero-order valence-electron chi connectivity index (χ0n) is 10.4. The Morgan fingerprint density at radius 3 is 3.00 bits per heavy atom. The number of hydrogen-bond acceptors (Lipinski definition) is 3. The lowest BCUT2D eigenvalue weighted by molar-refractivity contribution is -0.122. The molecule has 0 spiro atoms. The van der Waals surface area contributed by atoms with Crippen LogP contribution in [0.3, 0.4) is 0 Å². The molecule has 2 atom stereocenters. The molecule has 0 aromatic heterocycles. The molecule has 0 fully saturated rings. The van der Waals surface area contributed by atoms with Gasteiger partial charge in [0.1, 0.15) is 12.4 Å². The first-order valence-corrected chi connectivity index (χ1v) is 5.91. The summed E-state index contributed by atoms with van der Waals surface area (Å²) in [6.07, 6.45) is 1.18. The molecule has 1 amide bonds. The van der Waals surface area contributed by atoms with Crippen molar-refractivity contribution in [3.63, 3.8) is 0 Å². The second kappa shape index (κ2) is 6.61. The van der Waals surface area contributed by atoms with Crippen LogP contribution in [0.1, 0.15) is 18.9 Å². The largest absolute Gasteiger partial charge is 0.491 e. The summed E-state index contributed by atoms with van der Waals surface area (Å²) in [5, 5.41) is 2.95. The topological polar surface area (TPSA) is 64.4 Å². The van der Waals surface area contributed by atoms with Gasteiger partial charge in [-0.25, -0.2) is 0 Å². The van der Waals surface area contributed by atoms with E-state index >= 15 is 0 Å². The van der Waals surface area contributed by atoms with Crippen molar-refractivity contribution < 1.29 is 9.53 Å². The molecule has 0 saturated heterocycles. The molecule has 1 aliphatic heterocycles. The van der Waals surface area contributed by atoms with Gasteiger partial charge in [0.25, 0.3) is 0 Å². The van der Waals surface area contributed by atoms with Gasteiger partial charge in [-0.15, -0.1) is 12.4 Å². The van der Waals surface area contributed by atoms with Crippen molar-refractivity contribution in [3.8, 4) is 5.75 Å². The second-order valence-corrected chi connectivity index (χ2v) is 4.57. The summed E-state index contributed by atoms with van der Waals surface area (Å²) < 4.78 is 5.60. The lowest BCUT2D eigenvalue weighted by Crippen LogP contribution is -2.44. The maximum Gasteiger partial charge on any atom is 0.221 e. The quantitative estimate of drug-likeness (QED) is 0.869. The number of nitrogens with two attached hydrogens (primary N) is 1. The normalized spacial score (nSPS) is 18.9. The molecule has 4 nitrogen and oxygen atoms in total. The maximum atomic E-state index is 11.6. The molecule has 1 aromatic carbocycles. The van der Waals surface area contributed by atoms with Crippen molar-refractivity contribution in [2.45, 2.75) is 31.8 Å². The highest BCUT2D eigenvalue weighted by molar-refractivity contribution is 5.85. The molecule has 0 bridgehead atoms. The number of rotatable bonds is 3. The van der Waals surface area contributed by atoms with Gasteiger partial charge < -0.3 is 15.8 Å². The van der Waals surface area contributed by atoms with E-state index in [1.807, 2.05) is 31.2 Å². The number of fused-ring (bicyclic) bond motifs is 1. The monoisotopic (exact) mass is 270 g/mol. The average Bonchev–Trinajstić information content (AvgIpc) is 2.27. The first-order valence-electron chi connectivity index (χ1n) is 5.91. The highest BCUT2D eigenvalue weighted by atomic mass is 35.5. The first kappa shape index (κ1) is 14.8. The van der Waals surface area contributed by atoms with Crippen LogP contribution in [0.5, 0.6) is 5.75 Å². The Bertz CT molecular complexity index is 410. The molecule has 2 unspecified atom stereocenters. The van der Waals surface area contributed by atoms with Crippen LogP contribution in [0.2, 0.25) is 0 Å². The zero-order valence-corrected chi connectivity index (χ0v) is 11.2. The fraction of sp³-hybridized carbons (Fsp3) is 0.462. The van der Waals surface area contributed by atoms with Gasteiger partial charge in [0.05, 0.1) is 6.04 Å². The minimum absolute atomic E-state index is 0. The molecule has 2 rings (SSSR count). The summed E-state index contributed by atoms with van der Waals surface area (Å²) in [7, 11) is 0. The number of carbonyl (C=O) groups excluding carboxylic acids is 1. The van der Waals surface area contributed by atoms with Crippen LogP contribution in [0.4, 0.5) is 0 Å². The molecule has 0 aliphatic carbocycles. The summed E-state index contributed by atoms with van der Waals surface area (Å²) in [6.45, 7) is 2.36. The standard InChI is InChI=1S/C13H18N2O2.ClH/c1-9(14)6-13(16)15-11-7-10-4-2-3-5-12(10)17-8-11;/h2-5,9,11H,6-8,14H2,1H3,(H,15,16);1H. The van der Waals surface area contributed by atoms with E-state index in [1.165, 1.54) is 0 Å². The van der Waals surface area contributed by atoms with E-state index < -0.39 is 0 Å². The molecule has 0 radical (unpaired) electrons. The van der Waals surface area contributed by atoms with Gasteiger partial charge in [0.2, 0.25) is 5.91 Å². The third-order valence-corrected chi connectivity index (χ3v) is 2.75. The van der Waals surface area contributed by atoms with Gasteiger partial charge in [0.15, 0.2) is 0 Å². The lowest BCUT2D eigenvalue weighted by Gasteiger charge is -2.26. The highest BCUT2D eigenvalue weighted by Gasteiger charge is 2.21. The number of halogens is 1. The molecule has 1 aromatic rings. The third kappa shape index (κ3) is 3.89. The van der Waals surface area contributed by atoms with Gasteiger partial charge in [-0.05, 0) is 25.0 Å². The van der Waals surface area contributed by atoms with Crippen LogP contribution in [-0.4, -0.2) is 24.6 Å². The van der Waals surface area contributed by atoms with Gasteiger partial charge in [-0.2, -0.15) is 0 Å². The number of hydrogen-bond donors (Lipinski definition) is 2. The van der Waals surface area contributed by atoms with E-state index in [9.17, 15) is 4.79 Å². The van der Waals surface area contributed by atoms with E-state index in [4.69, 9.17) is 10.5 Å². The smallest absolute Gasteiger partial charge is 0.221 e.